The molecule has 0 fully saturated rings. The first kappa shape index (κ1) is 18.4. The third kappa shape index (κ3) is 6.01. The fourth-order valence-corrected chi connectivity index (χ4v) is 2.72. The standard InChI is InChI=1S/C21H31N/c1-17(9-7-10-18(2)14-16-22-6)12-13-20-19(3)11-8-15-21(20,4)5/h7,9-13,16H,8,14-15H2,1-6H3/b9-7+,17-12+,18-10+,20-13-,22-16-. The van der Waals surface area contributed by atoms with Crippen LogP contribution in [0.1, 0.15) is 53.9 Å². The summed E-state index contributed by atoms with van der Waals surface area (Å²) in [6, 6.07) is 0. The van der Waals surface area contributed by atoms with Crippen molar-refractivity contribution < 1.29 is 0 Å². The Balaban J connectivity index is 2.78. The van der Waals surface area contributed by atoms with Gasteiger partial charge in [0.25, 0.3) is 0 Å². The van der Waals surface area contributed by atoms with E-state index in [1.807, 2.05) is 13.3 Å². The zero-order valence-electron chi connectivity index (χ0n) is 15.1. The van der Waals surface area contributed by atoms with Gasteiger partial charge in [-0.1, -0.05) is 67.0 Å². The summed E-state index contributed by atoms with van der Waals surface area (Å²) in [5, 5.41) is 0. The molecule has 0 heterocycles. The van der Waals surface area contributed by atoms with Gasteiger partial charge in [-0.2, -0.15) is 0 Å². The van der Waals surface area contributed by atoms with Crippen molar-refractivity contribution in [3.63, 3.8) is 0 Å². The Labute approximate surface area is 136 Å². The Hall–Kier alpha value is -1.63. The zero-order chi connectivity index (χ0) is 16.6. The third-order valence-corrected chi connectivity index (χ3v) is 4.22. The van der Waals surface area contributed by atoms with Crippen LogP contribution in [0.3, 0.4) is 0 Å². The Morgan fingerprint density at radius 1 is 1.27 bits per heavy atom. The first-order chi connectivity index (χ1) is 10.4. The van der Waals surface area contributed by atoms with Gasteiger partial charge in [0.05, 0.1) is 0 Å². The zero-order valence-corrected chi connectivity index (χ0v) is 15.1. The smallest absolute Gasteiger partial charge is 0.0273 e. The summed E-state index contributed by atoms with van der Waals surface area (Å²) in [5.74, 6) is 0. The molecule has 22 heavy (non-hydrogen) atoms. The second-order valence-electron chi connectivity index (χ2n) is 6.82. The molecular formula is C21H31N. The molecule has 0 aromatic heterocycles. The van der Waals surface area contributed by atoms with E-state index in [4.69, 9.17) is 0 Å². The van der Waals surface area contributed by atoms with Crippen LogP contribution >= 0.6 is 0 Å². The molecule has 0 aromatic carbocycles. The number of nitrogens with zero attached hydrogens (tertiary/aromatic N) is 1. The first-order valence-electron chi connectivity index (χ1n) is 8.17. The van der Waals surface area contributed by atoms with Crippen molar-refractivity contribution in [3.05, 3.63) is 58.7 Å². The van der Waals surface area contributed by atoms with Gasteiger partial charge in [0.15, 0.2) is 0 Å². The highest BCUT2D eigenvalue weighted by atomic mass is 14.6. The van der Waals surface area contributed by atoms with Gasteiger partial charge in [0.2, 0.25) is 0 Å². The summed E-state index contributed by atoms with van der Waals surface area (Å²) >= 11 is 0. The fourth-order valence-electron chi connectivity index (χ4n) is 2.72. The maximum absolute atomic E-state index is 4.01. The van der Waals surface area contributed by atoms with Crippen LogP contribution < -0.4 is 0 Å². The molecule has 0 aliphatic heterocycles. The van der Waals surface area contributed by atoms with Gasteiger partial charge >= 0.3 is 0 Å². The molecule has 0 aromatic rings. The van der Waals surface area contributed by atoms with E-state index in [0.717, 1.165) is 6.42 Å². The maximum atomic E-state index is 4.01. The van der Waals surface area contributed by atoms with Crippen LogP contribution in [0.15, 0.2) is 63.7 Å². The van der Waals surface area contributed by atoms with Crippen LogP contribution in [0, 0.1) is 5.41 Å². The Morgan fingerprint density at radius 2 is 2.00 bits per heavy atom. The molecular weight excluding hydrogens is 266 g/mol. The lowest BCUT2D eigenvalue weighted by molar-refractivity contribution is 0.404. The molecule has 0 saturated carbocycles. The highest BCUT2D eigenvalue weighted by Gasteiger charge is 2.26. The predicted molar refractivity (Wildman–Crippen MR) is 101 cm³/mol. The van der Waals surface area contributed by atoms with Gasteiger partial charge in [0.1, 0.15) is 0 Å². The lowest BCUT2D eigenvalue weighted by atomic mass is 9.73. The number of rotatable bonds is 5. The second kappa shape index (κ2) is 8.73. The summed E-state index contributed by atoms with van der Waals surface area (Å²) in [6.45, 7) is 11.2. The van der Waals surface area contributed by atoms with E-state index < -0.39 is 0 Å². The second-order valence-corrected chi connectivity index (χ2v) is 6.82. The summed E-state index contributed by atoms with van der Waals surface area (Å²) in [5.41, 5.74) is 5.78. The lowest BCUT2D eigenvalue weighted by Gasteiger charge is -2.32. The highest BCUT2D eigenvalue weighted by molar-refractivity contribution is 5.60. The number of hydrogen-bond acceptors (Lipinski definition) is 1. The maximum Gasteiger partial charge on any atom is 0.0273 e. The van der Waals surface area contributed by atoms with Crippen molar-refractivity contribution in [1.82, 2.24) is 0 Å². The van der Waals surface area contributed by atoms with E-state index >= 15 is 0 Å². The van der Waals surface area contributed by atoms with Gasteiger partial charge in [-0.15, -0.1) is 0 Å². The van der Waals surface area contributed by atoms with E-state index in [0.29, 0.717) is 0 Å². The molecule has 0 N–H and O–H groups in total. The van der Waals surface area contributed by atoms with E-state index in [9.17, 15) is 0 Å². The van der Waals surface area contributed by atoms with Crippen molar-refractivity contribution in [3.8, 4) is 0 Å². The number of aliphatic imine (C=N–C) groups is 1. The van der Waals surface area contributed by atoms with E-state index in [1.54, 1.807) is 0 Å². The molecule has 1 heteroatoms. The minimum absolute atomic E-state index is 0.287. The average molecular weight is 297 g/mol. The molecule has 0 saturated heterocycles. The van der Waals surface area contributed by atoms with Gasteiger partial charge in [0, 0.05) is 19.7 Å². The first-order valence-corrected chi connectivity index (χ1v) is 8.17. The molecule has 0 unspecified atom stereocenters. The summed E-state index contributed by atoms with van der Waals surface area (Å²) in [6.07, 6.45) is 18.6. The molecule has 0 radical (unpaired) electrons. The van der Waals surface area contributed by atoms with E-state index in [-0.39, 0.29) is 5.41 Å². The van der Waals surface area contributed by atoms with Gasteiger partial charge < -0.3 is 4.99 Å². The fraction of sp³-hybridized carbons (Fsp3) is 0.476. The molecule has 1 aliphatic carbocycles. The normalized spacial score (nSPS) is 21.9. The van der Waals surface area contributed by atoms with Gasteiger partial charge in [-0.25, -0.2) is 0 Å². The van der Waals surface area contributed by atoms with Crippen molar-refractivity contribution in [1.29, 1.82) is 0 Å². The van der Waals surface area contributed by atoms with Crippen LogP contribution in [0.5, 0.6) is 0 Å². The quantitative estimate of drug-likeness (QED) is 0.422. The van der Waals surface area contributed by atoms with Crippen LogP contribution in [0.4, 0.5) is 0 Å². The number of allylic oxidation sites excluding steroid dienone is 10. The van der Waals surface area contributed by atoms with Crippen LogP contribution in [-0.4, -0.2) is 13.3 Å². The summed E-state index contributed by atoms with van der Waals surface area (Å²) < 4.78 is 0. The molecule has 0 bridgehead atoms. The topological polar surface area (TPSA) is 12.4 Å². The molecule has 0 amide bonds. The summed E-state index contributed by atoms with van der Waals surface area (Å²) in [7, 11) is 1.81. The van der Waals surface area contributed by atoms with Crippen molar-refractivity contribution >= 4 is 6.21 Å². The van der Waals surface area contributed by atoms with Crippen molar-refractivity contribution in [2.75, 3.05) is 7.05 Å². The minimum atomic E-state index is 0.287. The molecule has 1 rings (SSSR count). The highest BCUT2D eigenvalue weighted by Crippen LogP contribution is 2.40. The molecule has 0 atom stereocenters. The molecule has 1 nitrogen and oxygen atoms in total. The third-order valence-electron chi connectivity index (χ3n) is 4.22. The van der Waals surface area contributed by atoms with Crippen LogP contribution in [0.2, 0.25) is 0 Å². The van der Waals surface area contributed by atoms with Crippen molar-refractivity contribution in [2.45, 2.75) is 53.9 Å². The van der Waals surface area contributed by atoms with Crippen LogP contribution in [-0.2, 0) is 0 Å². The van der Waals surface area contributed by atoms with Crippen LogP contribution in [0.25, 0.3) is 0 Å². The Morgan fingerprint density at radius 3 is 2.64 bits per heavy atom. The number of hydrogen-bond donors (Lipinski definition) is 0. The van der Waals surface area contributed by atoms with Gasteiger partial charge in [-0.05, 0) is 44.6 Å². The monoisotopic (exact) mass is 297 g/mol. The average Bonchev–Trinajstić information content (AvgIpc) is 2.43. The van der Waals surface area contributed by atoms with Gasteiger partial charge in [-0.3, -0.25) is 0 Å². The Bertz CT molecular complexity index is 548. The summed E-state index contributed by atoms with van der Waals surface area (Å²) in [4.78, 5) is 4.01. The predicted octanol–water partition coefficient (Wildman–Crippen LogP) is 6.22. The minimum Gasteiger partial charge on any atom is -0.301 e. The molecule has 0 spiro atoms. The largest absolute Gasteiger partial charge is 0.301 e. The Kier molecular flexibility index (Phi) is 7.31. The van der Waals surface area contributed by atoms with E-state index in [2.05, 4.69) is 76.1 Å². The molecule has 120 valence electrons. The van der Waals surface area contributed by atoms with Crippen molar-refractivity contribution in [2.24, 2.45) is 10.4 Å². The van der Waals surface area contributed by atoms with E-state index in [1.165, 1.54) is 35.1 Å². The SMILES string of the molecule is C/N=C\C/C(C)=C/C=C/C(C)=C/C=C1/C(C)=CCCC1(C)C. The molecule has 1 aliphatic rings. The lowest BCUT2D eigenvalue weighted by Crippen LogP contribution is -2.18.